The Labute approximate surface area is 131 Å². The number of aromatic nitrogens is 1. The molecule has 116 valence electrons. The average molecular weight is 312 g/mol. The van der Waals surface area contributed by atoms with Gasteiger partial charge in [0.2, 0.25) is 0 Å². The van der Waals surface area contributed by atoms with E-state index < -0.39 is 29.3 Å². The van der Waals surface area contributed by atoms with Crippen LogP contribution in [0.15, 0.2) is 60.1 Å². The van der Waals surface area contributed by atoms with Gasteiger partial charge in [0.25, 0.3) is 5.91 Å². The Morgan fingerprint density at radius 3 is 2.70 bits per heavy atom. The molecule has 1 aromatic heterocycles. The molecule has 23 heavy (non-hydrogen) atoms. The number of rotatable bonds is 3. The number of ketones is 1. The van der Waals surface area contributed by atoms with Crippen LogP contribution in [0, 0.1) is 5.82 Å². The molecule has 1 aliphatic heterocycles. The lowest BCUT2D eigenvalue weighted by atomic mass is 9.96. The maximum atomic E-state index is 13.6. The highest BCUT2D eigenvalue weighted by Gasteiger charge is 2.43. The van der Waals surface area contributed by atoms with Crippen LogP contribution in [0.3, 0.4) is 0 Å². The van der Waals surface area contributed by atoms with Gasteiger partial charge in [0.15, 0.2) is 11.5 Å². The number of hydrogen-bond acceptors (Lipinski definition) is 4. The first-order valence-corrected chi connectivity index (χ1v) is 6.94. The van der Waals surface area contributed by atoms with Crippen molar-refractivity contribution in [2.45, 2.75) is 13.0 Å². The molecule has 0 aliphatic carbocycles. The highest BCUT2D eigenvalue weighted by Crippen LogP contribution is 2.40. The van der Waals surface area contributed by atoms with E-state index in [0.29, 0.717) is 11.3 Å². The molecule has 1 aliphatic rings. The molecule has 0 saturated heterocycles. The Kier molecular flexibility index (Phi) is 3.65. The summed E-state index contributed by atoms with van der Waals surface area (Å²) < 4.78 is 13.6. The van der Waals surface area contributed by atoms with Crippen LogP contribution in [-0.4, -0.2) is 21.8 Å². The number of nitrogens with zero attached hydrogens (tertiary/aromatic N) is 2. The fraction of sp³-hybridized carbons (Fsp3) is 0.118. The molecule has 5 nitrogen and oxygen atoms in total. The SMILES string of the molecule is CC(=O)C1=C(O)C(=O)N(c2cccnc2)C1c1cccc(F)c1. The molecular formula is C17H13FN2O3. The topological polar surface area (TPSA) is 70.5 Å². The lowest BCUT2D eigenvalue weighted by Crippen LogP contribution is -2.31. The predicted molar refractivity (Wildman–Crippen MR) is 81.2 cm³/mol. The number of anilines is 1. The number of Topliss-reactive ketones (excluding diaryl/α,β-unsaturated/α-hetero) is 1. The predicted octanol–water partition coefficient (Wildman–Crippen LogP) is 2.71. The van der Waals surface area contributed by atoms with Crippen LogP contribution >= 0.6 is 0 Å². The van der Waals surface area contributed by atoms with Crippen molar-refractivity contribution < 1.29 is 19.1 Å². The molecule has 0 saturated carbocycles. The van der Waals surface area contributed by atoms with Crippen LogP contribution in [0.4, 0.5) is 10.1 Å². The Balaban J connectivity index is 2.20. The number of benzene rings is 1. The lowest BCUT2D eigenvalue weighted by Gasteiger charge is -2.26. The van der Waals surface area contributed by atoms with Gasteiger partial charge in [0.05, 0.1) is 23.5 Å². The molecule has 2 heterocycles. The molecule has 0 fully saturated rings. The van der Waals surface area contributed by atoms with E-state index in [-0.39, 0.29) is 5.57 Å². The largest absolute Gasteiger partial charge is 0.503 e. The number of aliphatic hydroxyl groups is 1. The summed E-state index contributed by atoms with van der Waals surface area (Å²) in [6.07, 6.45) is 2.99. The van der Waals surface area contributed by atoms with Gasteiger partial charge in [0.1, 0.15) is 5.82 Å². The van der Waals surface area contributed by atoms with Gasteiger partial charge in [-0.25, -0.2) is 4.39 Å². The molecule has 3 rings (SSSR count). The summed E-state index contributed by atoms with van der Waals surface area (Å²) >= 11 is 0. The number of hydrogen-bond donors (Lipinski definition) is 1. The average Bonchev–Trinajstić information content (AvgIpc) is 2.80. The monoisotopic (exact) mass is 312 g/mol. The zero-order valence-corrected chi connectivity index (χ0v) is 12.2. The smallest absolute Gasteiger partial charge is 0.294 e. The summed E-state index contributed by atoms with van der Waals surface area (Å²) in [5.41, 5.74) is 0.760. The molecule has 1 atom stereocenters. The van der Waals surface area contributed by atoms with Crippen LogP contribution in [-0.2, 0) is 9.59 Å². The second-order valence-electron chi connectivity index (χ2n) is 5.16. The van der Waals surface area contributed by atoms with Crippen LogP contribution in [0.25, 0.3) is 0 Å². The molecule has 0 spiro atoms. The zero-order chi connectivity index (χ0) is 16.6. The quantitative estimate of drug-likeness (QED) is 0.946. The van der Waals surface area contributed by atoms with Gasteiger partial charge < -0.3 is 5.11 Å². The summed E-state index contributed by atoms with van der Waals surface area (Å²) in [4.78, 5) is 29.6. The second-order valence-corrected chi connectivity index (χ2v) is 5.16. The molecule has 1 aromatic carbocycles. The second kappa shape index (κ2) is 5.64. The Hall–Kier alpha value is -3.02. The number of amides is 1. The molecule has 0 bridgehead atoms. The van der Waals surface area contributed by atoms with E-state index >= 15 is 0 Å². The Morgan fingerprint density at radius 1 is 1.30 bits per heavy atom. The van der Waals surface area contributed by atoms with Crippen molar-refractivity contribution in [1.29, 1.82) is 0 Å². The first-order chi connectivity index (χ1) is 11.0. The number of carbonyl (C=O) groups excluding carboxylic acids is 2. The van der Waals surface area contributed by atoms with Gasteiger partial charge in [-0.2, -0.15) is 0 Å². The first kappa shape index (κ1) is 14.9. The molecule has 1 amide bonds. The van der Waals surface area contributed by atoms with E-state index in [2.05, 4.69) is 4.98 Å². The Morgan fingerprint density at radius 2 is 2.09 bits per heavy atom. The van der Waals surface area contributed by atoms with Crippen LogP contribution in [0.5, 0.6) is 0 Å². The lowest BCUT2D eigenvalue weighted by molar-refractivity contribution is -0.117. The number of aliphatic hydroxyl groups excluding tert-OH is 1. The Bertz CT molecular complexity index is 818. The molecule has 1 N–H and O–H groups in total. The minimum atomic E-state index is -0.889. The van der Waals surface area contributed by atoms with Crippen molar-refractivity contribution in [3.8, 4) is 0 Å². The van der Waals surface area contributed by atoms with E-state index in [4.69, 9.17) is 0 Å². The molecule has 2 aromatic rings. The van der Waals surface area contributed by atoms with Gasteiger partial charge >= 0.3 is 0 Å². The van der Waals surface area contributed by atoms with E-state index in [9.17, 15) is 19.1 Å². The van der Waals surface area contributed by atoms with Gasteiger partial charge in [-0.15, -0.1) is 0 Å². The third kappa shape index (κ3) is 2.48. The highest BCUT2D eigenvalue weighted by molar-refractivity contribution is 6.16. The standard InChI is InChI=1S/C17H13FN2O3/c1-10(21)14-15(11-4-2-5-12(18)8-11)20(17(23)16(14)22)13-6-3-7-19-9-13/h2-9,15,22H,1H3. The minimum Gasteiger partial charge on any atom is -0.503 e. The van der Waals surface area contributed by atoms with Crippen molar-refractivity contribution in [2.24, 2.45) is 0 Å². The fourth-order valence-corrected chi connectivity index (χ4v) is 2.72. The van der Waals surface area contributed by atoms with Crippen molar-refractivity contribution >= 4 is 17.4 Å². The van der Waals surface area contributed by atoms with Crippen molar-refractivity contribution in [3.63, 3.8) is 0 Å². The van der Waals surface area contributed by atoms with E-state index in [1.54, 1.807) is 24.4 Å². The van der Waals surface area contributed by atoms with E-state index in [1.165, 1.54) is 36.2 Å². The fourth-order valence-electron chi connectivity index (χ4n) is 2.72. The van der Waals surface area contributed by atoms with Crippen LogP contribution in [0.1, 0.15) is 18.5 Å². The number of halogens is 1. The van der Waals surface area contributed by atoms with Gasteiger partial charge in [-0.1, -0.05) is 12.1 Å². The van der Waals surface area contributed by atoms with Crippen molar-refractivity contribution in [1.82, 2.24) is 4.98 Å². The third-order valence-corrected chi connectivity index (χ3v) is 3.68. The van der Waals surface area contributed by atoms with Gasteiger partial charge in [-0.05, 0) is 36.8 Å². The summed E-state index contributed by atoms with van der Waals surface area (Å²) in [6.45, 7) is 1.26. The maximum Gasteiger partial charge on any atom is 0.294 e. The zero-order valence-electron chi connectivity index (χ0n) is 12.2. The summed E-state index contributed by atoms with van der Waals surface area (Å²) in [7, 11) is 0. The van der Waals surface area contributed by atoms with E-state index in [1.807, 2.05) is 0 Å². The summed E-state index contributed by atoms with van der Waals surface area (Å²) in [5.74, 6) is -2.26. The van der Waals surface area contributed by atoms with Gasteiger partial charge in [0, 0.05) is 6.20 Å². The first-order valence-electron chi connectivity index (χ1n) is 6.94. The van der Waals surface area contributed by atoms with Crippen LogP contribution in [0.2, 0.25) is 0 Å². The number of pyridine rings is 1. The molecule has 0 radical (unpaired) electrons. The molecular weight excluding hydrogens is 299 g/mol. The van der Waals surface area contributed by atoms with E-state index in [0.717, 1.165) is 0 Å². The minimum absolute atomic E-state index is 0.0514. The van der Waals surface area contributed by atoms with Crippen LogP contribution < -0.4 is 4.90 Å². The third-order valence-electron chi connectivity index (χ3n) is 3.68. The normalized spacial score (nSPS) is 17.7. The highest BCUT2D eigenvalue weighted by atomic mass is 19.1. The van der Waals surface area contributed by atoms with Crippen molar-refractivity contribution in [2.75, 3.05) is 4.90 Å². The van der Waals surface area contributed by atoms with Crippen molar-refractivity contribution in [3.05, 3.63) is 71.5 Å². The van der Waals surface area contributed by atoms with Gasteiger partial charge in [-0.3, -0.25) is 19.5 Å². The summed E-state index contributed by atoms with van der Waals surface area (Å²) in [5, 5.41) is 10.1. The summed E-state index contributed by atoms with van der Waals surface area (Å²) in [6, 6.07) is 7.98. The molecule has 6 heteroatoms. The maximum absolute atomic E-state index is 13.6. The molecule has 1 unspecified atom stereocenters. The number of carbonyl (C=O) groups is 2.